The largest absolute Gasteiger partial charge is 0.422 e. The average molecular weight is 402 g/mol. The Kier molecular flexibility index (Phi) is 6.11. The first-order chi connectivity index (χ1) is 14.3. The lowest BCUT2D eigenvalue weighted by Gasteiger charge is -2.20. The van der Waals surface area contributed by atoms with Crippen molar-refractivity contribution in [3.8, 4) is 5.75 Å². The number of esters is 3. The van der Waals surface area contributed by atoms with Crippen LogP contribution in [-0.2, 0) is 10.2 Å². The van der Waals surface area contributed by atoms with Gasteiger partial charge in [-0.1, -0.05) is 63.2 Å². The predicted octanol–water partition coefficient (Wildman–Crippen LogP) is 5.20. The smallest absolute Gasteiger partial charge is 0.349 e. The monoisotopic (exact) mass is 402 g/mol. The van der Waals surface area contributed by atoms with Crippen LogP contribution in [0.1, 0.15) is 57.4 Å². The van der Waals surface area contributed by atoms with E-state index in [4.69, 9.17) is 9.47 Å². The first-order valence-corrected chi connectivity index (χ1v) is 9.49. The van der Waals surface area contributed by atoms with Gasteiger partial charge in [-0.05, 0) is 47.4 Å². The van der Waals surface area contributed by atoms with Gasteiger partial charge in [-0.2, -0.15) is 0 Å². The Morgan fingerprint density at radius 1 is 0.667 bits per heavy atom. The van der Waals surface area contributed by atoms with Gasteiger partial charge in [-0.25, -0.2) is 14.4 Å². The lowest BCUT2D eigenvalue weighted by atomic mass is 9.86. The second-order valence-electron chi connectivity index (χ2n) is 7.76. The van der Waals surface area contributed by atoms with Gasteiger partial charge >= 0.3 is 17.9 Å². The van der Waals surface area contributed by atoms with E-state index in [1.54, 1.807) is 78.9 Å². The SMILES string of the molecule is CC(C)(C)c1ccc(OC(=O)c2ccccc2)c(C(=O)OC(=O)c2ccccc2)c1. The second kappa shape index (κ2) is 8.74. The van der Waals surface area contributed by atoms with Crippen molar-refractivity contribution in [2.45, 2.75) is 26.2 Å². The van der Waals surface area contributed by atoms with Crippen molar-refractivity contribution in [1.82, 2.24) is 0 Å². The van der Waals surface area contributed by atoms with Crippen molar-refractivity contribution in [3.63, 3.8) is 0 Å². The minimum atomic E-state index is -0.884. The van der Waals surface area contributed by atoms with Crippen LogP contribution in [0.15, 0.2) is 78.9 Å². The number of ether oxygens (including phenoxy) is 2. The quantitative estimate of drug-likeness (QED) is 0.341. The maximum absolute atomic E-state index is 12.8. The summed E-state index contributed by atoms with van der Waals surface area (Å²) in [6, 6.07) is 21.6. The molecule has 0 radical (unpaired) electrons. The zero-order valence-electron chi connectivity index (χ0n) is 17.0. The molecular formula is C25H22O5. The molecule has 0 unspecified atom stereocenters. The molecule has 0 aromatic heterocycles. The number of hydrogen-bond acceptors (Lipinski definition) is 5. The van der Waals surface area contributed by atoms with Crippen LogP contribution in [0.25, 0.3) is 0 Å². The molecule has 0 amide bonds. The Morgan fingerprint density at radius 2 is 1.20 bits per heavy atom. The number of carbonyl (C=O) groups is 3. The summed E-state index contributed by atoms with van der Waals surface area (Å²) in [6.45, 7) is 5.96. The second-order valence-corrected chi connectivity index (χ2v) is 7.76. The highest BCUT2D eigenvalue weighted by Gasteiger charge is 2.24. The van der Waals surface area contributed by atoms with Gasteiger partial charge in [-0.3, -0.25) is 0 Å². The van der Waals surface area contributed by atoms with Crippen LogP contribution in [0.3, 0.4) is 0 Å². The van der Waals surface area contributed by atoms with Gasteiger partial charge in [-0.15, -0.1) is 0 Å². The van der Waals surface area contributed by atoms with Crippen molar-refractivity contribution < 1.29 is 23.9 Å². The van der Waals surface area contributed by atoms with E-state index in [1.165, 1.54) is 0 Å². The Balaban J connectivity index is 1.92. The number of carbonyl (C=O) groups excluding carboxylic acids is 3. The summed E-state index contributed by atoms with van der Waals surface area (Å²) in [5.41, 5.74) is 1.18. The first kappa shape index (κ1) is 21.0. The summed E-state index contributed by atoms with van der Waals surface area (Å²) in [6.07, 6.45) is 0. The molecular weight excluding hydrogens is 380 g/mol. The third kappa shape index (κ3) is 5.00. The average Bonchev–Trinajstić information content (AvgIpc) is 2.74. The fourth-order valence-corrected chi connectivity index (χ4v) is 2.75. The van der Waals surface area contributed by atoms with Crippen LogP contribution in [0.5, 0.6) is 5.75 Å². The summed E-state index contributed by atoms with van der Waals surface area (Å²) in [5, 5.41) is 0. The third-order valence-electron chi connectivity index (χ3n) is 4.47. The van der Waals surface area contributed by atoms with Crippen LogP contribution in [0.4, 0.5) is 0 Å². The Hall–Kier alpha value is -3.73. The van der Waals surface area contributed by atoms with E-state index in [2.05, 4.69) is 0 Å². The van der Waals surface area contributed by atoms with E-state index < -0.39 is 17.9 Å². The van der Waals surface area contributed by atoms with E-state index in [-0.39, 0.29) is 22.3 Å². The molecule has 0 aliphatic heterocycles. The molecule has 0 atom stereocenters. The fraction of sp³-hybridized carbons (Fsp3) is 0.160. The summed E-state index contributed by atoms with van der Waals surface area (Å²) in [4.78, 5) is 37.6. The first-order valence-electron chi connectivity index (χ1n) is 9.49. The molecule has 0 N–H and O–H groups in total. The van der Waals surface area contributed by atoms with Crippen LogP contribution in [0, 0.1) is 0 Å². The van der Waals surface area contributed by atoms with E-state index in [9.17, 15) is 14.4 Å². The Labute approximate surface area is 175 Å². The van der Waals surface area contributed by atoms with E-state index in [0.717, 1.165) is 5.56 Å². The highest BCUT2D eigenvalue weighted by Crippen LogP contribution is 2.29. The molecule has 0 heterocycles. The van der Waals surface area contributed by atoms with Gasteiger partial charge in [0.25, 0.3) is 0 Å². The summed E-state index contributed by atoms with van der Waals surface area (Å²) in [7, 11) is 0. The lowest BCUT2D eigenvalue weighted by Crippen LogP contribution is -2.18. The highest BCUT2D eigenvalue weighted by molar-refractivity contribution is 6.04. The van der Waals surface area contributed by atoms with Crippen LogP contribution < -0.4 is 4.74 Å². The van der Waals surface area contributed by atoms with Gasteiger partial charge in [0, 0.05) is 0 Å². The van der Waals surface area contributed by atoms with Crippen molar-refractivity contribution >= 4 is 17.9 Å². The van der Waals surface area contributed by atoms with Crippen LogP contribution in [-0.4, -0.2) is 17.9 Å². The molecule has 0 saturated carbocycles. The summed E-state index contributed by atoms with van der Waals surface area (Å²) < 4.78 is 10.5. The maximum atomic E-state index is 12.8. The van der Waals surface area contributed by atoms with Gasteiger partial charge in [0.15, 0.2) is 0 Å². The van der Waals surface area contributed by atoms with E-state index >= 15 is 0 Å². The molecule has 0 saturated heterocycles. The minimum Gasteiger partial charge on any atom is -0.422 e. The third-order valence-corrected chi connectivity index (χ3v) is 4.47. The van der Waals surface area contributed by atoms with E-state index in [0.29, 0.717) is 5.56 Å². The molecule has 0 bridgehead atoms. The fourth-order valence-electron chi connectivity index (χ4n) is 2.75. The molecule has 3 aromatic rings. The zero-order valence-corrected chi connectivity index (χ0v) is 17.0. The van der Waals surface area contributed by atoms with Crippen molar-refractivity contribution in [1.29, 1.82) is 0 Å². The molecule has 5 nitrogen and oxygen atoms in total. The molecule has 5 heteroatoms. The molecule has 0 aliphatic carbocycles. The predicted molar refractivity (Wildman–Crippen MR) is 113 cm³/mol. The van der Waals surface area contributed by atoms with Crippen molar-refractivity contribution in [2.24, 2.45) is 0 Å². The molecule has 0 fully saturated rings. The topological polar surface area (TPSA) is 69.7 Å². The van der Waals surface area contributed by atoms with Crippen LogP contribution in [0.2, 0.25) is 0 Å². The standard InChI is InChI=1S/C25H22O5/c1-25(2,3)19-14-15-21(29-22(26)17-10-6-4-7-11-17)20(16-19)24(28)30-23(27)18-12-8-5-9-13-18/h4-16H,1-3H3. The molecule has 3 aromatic carbocycles. The number of hydrogen-bond donors (Lipinski definition) is 0. The maximum Gasteiger partial charge on any atom is 0.349 e. The summed E-state index contributed by atoms with van der Waals surface area (Å²) in [5.74, 6) is -2.24. The molecule has 0 spiro atoms. The number of benzene rings is 3. The lowest BCUT2D eigenvalue weighted by molar-refractivity contribution is 0.0396. The van der Waals surface area contributed by atoms with Crippen molar-refractivity contribution in [2.75, 3.05) is 0 Å². The van der Waals surface area contributed by atoms with Gasteiger partial charge in [0.1, 0.15) is 11.3 Å². The zero-order chi connectivity index (χ0) is 21.7. The molecule has 3 rings (SSSR count). The van der Waals surface area contributed by atoms with Crippen molar-refractivity contribution in [3.05, 3.63) is 101 Å². The van der Waals surface area contributed by atoms with Gasteiger partial charge in [0.05, 0.1) is 11.1 Å². The molecule has 30 heavy (non-hydrogen) atoms. The van der Waals surface area contributed by atoms with E-state index in [1.807, 2.05) is 20.8 Å². The minimum absolute atomic E-state index is 0.0102. The summed E-state index contributed by atoms with van der Waals surface area (Å²) >= 11 is 0. The van der Waals surface area contributed by atoms with Crippen LogP contribution >= 0.6 is 0 Å². The normalized spacial score (nSPS) is 10.9. The molecule has 152 valence electrons. The Bertz CT molecular complexity index is 1060. The van der Waals surface area contributed by atoms with Gasteiger partial charge in [0.2, 0.25) is 0 Å². The Morgan fingerprint density at radius 3 is 1.73 bits per heavy atom. The highest BCUT2D eigenvalue weighted by atomic mass is 16.6. The number of rotatable bonds is 4. The molecule has 0 aliphatic rings. The van der Waals surface area contributed by atoms with Gasteiger partial charge < -0.3 is 9.47 Å².